The molecule has 0 radical (unpaired) electrons. The van der Waals surface area contributed by atoms with Crippen LogP contribution in [0.3, 0.4) is 0 Å². The summed E-state index contributed by atoms with van der Waals surface area (Å²) in [5.74, 6) is 2.02. The number of rotatable bonds is 3. The predicted octanol–water partition coefficient (Wildman–Crippen LogP) is 3.29. The number of nitrogens with zero attached hydrogens (tertiary/aromatic N) is 3. The van der Waals surface area contributed by atoms with Crippen LogP contribution in [0.1, 0.15) is 12.5 Å². The fourth-order valence-electron chi connectivity index (χ4n) is 2.70. The second-order valence-corrected chi connectivity index (χ2v) is 5.24. The van der Waals surface area contributed by atoms with Crippen LogP contribution in [0, 0.1) is 0 Å². The van der Waals surface area contributed by atoms with E-state index in [1.54, 1.807) is 20.4 Å². The van der Waals surface area contributed by atoms with Crippen molar-refractivity contribution in [2.75, 3.05) is 21.3 Å². The zero-order valence-corrected chi connectivity index (χ0v) is 13.7. The number of hydrogen-bond acceptors (Lipinski definition) is 5. The number of hydrogen-bond donors (Lipinski definition) is 0. The normalized spacial score (nSPS) is 15.2. The van der Waals surface area contributed by atoms with Crippen LogP contribution in [0.4, 0.5) is 0 Å². The van der Waals surface area contributed by atoms with Gasteiger partial charge in [-0.1, -0.05) is 18.2 Å². The molecule has 0 N–H and O–H groups in total. The average molecular weight is 309 g/mol. The highest BCUT2D eigenvalue weighted by Crippen LogP contribution is 2.25. The molecule has 0 bridgehead atoms. The molecule has 1 aliphatic rings. The molecular formula is C18H19N3O2. The monoisotopic (exact) mass is 309 g/mol. The fourth-order valence-corrected chi connectivity index (χ4v) is 2.70. The summed E-state index contributed by atoms with van der Waals surface area (Å²) < 4.78 is 11.0. The van der Waals surface area contributed by atoms with Gasteiger partial charge in [-0.3, -0.25) is 9.88 Å². The maximum absolute atomic E-state index is 5.53. The smallest absolute Gasteiger partial charge is 0.238 e. The van der Waals surface area contributed by atoms with Crippen molar-refractivity contribution < 1.29 is 9.47 Å². The number of aliphatic imine (C=N–C) groups is 1. The van der Waals surface area contributed by atoms with Gasteiger partial charge >= 0.3 is 0 Å². The lowest BCUT2D eigenvalue weighted by atomic mass is 10.1. The Morgan fingerprint density at radius 3 is 2.57 bits per heavy atom. The number of aromatic nitrogens is 1. The van der Waals surface area contributed by atoms with E-state index in [1.807, 2.05) is 55.3 Å². The molecule has 0 atom stereocenters. The van der Waals surface area contributed by atoms with Crippen molar-refractivity contribution in [2.24, 2.45) is 4.99 Å². The lowest BCUT2D eigenvalue weighted by Gasteiger charge is -2.23. The van der Waals surface area contributed by atoms with Crippen LogP contribution in [0.2, 0.25) is 0 Å². The van der Waals surface area contributed by atoms with Gasteiger partial charge in [0.15, 0.2) is 5.76 Å². The molecular weight excluding hydrogens is 290 g/mol. The molecule has 118 valence electrons. The van der Waals surface area contributed by atoms with Crippen LogP contribution in [0.25, 0.3) is 10.9 Å². The van der Waals surface area contributed by atoms with Crippen molar-refractivity contribution in [3.05, 3.63) is 65.5 Å². The van der Waals surface area contributed by atoms with Crippen molar-refractivity contribution in [2.45, 2.75) is 6.92 Å². The van der Waals surface area contributed by atoms with Crippen LogP contribution in [-0.2, 0) is 9.47 Å². The molecule has 0 saturated heterocycles. The van der Waals surface area contributed by atoms with Crippen molar-refractivity contribution in [3.63, 3.8) is 0 Å². The minimum Gasteiger partial charge on any atom is -0.491 e. The van der Waals surface area contributed by atoms with Crippen LogP contribution >= 0.6 is 0 Å². The molecule has 5 heteroatoms. The number of methoxy groups -OCH3 is 2. The van der Waals surface area contributed by atoms with Gasteiger partial charge in [-0.2, -0.15) is 0 Å². The summed E-state index contributed by atoms with van der Waals surface area (Å²) in [6.45, 7) is 1.93. The summed E-state index contributed by atoms with van der Waals surface area (Å²) in [4.78, 5) is 11.1. The Kier molecular flexibility index (Phi) is 4.02. The zero-order chi connectivity index (χ0) is 16.4. The molecule has 3 rings (SSSR count). The topological polar surface area (TPSA) is 47.0 Å². The second kappa shape index (κ2) is 6.12. The van der Waals surface area contributed by atoms with E-state index < -0.39 is 0 Å². The van der Waals surface area contributed by atoms with E-state index in [0.717, 1.165) is 28.0 Å². The second-order valence-electron chi connectivity index (χ2n) is 5.24. The van der Waals surface area contributed by atoms with Crippen molar-refractivity contribution in [1.29, 1.82) is 0 Å². The van der Waals surface area contributed by atoms with E-state index in [2.05, 4.69) is 4.98 Å². The third kappa shape index (κ3) is 2.65. The first-order valence-corrected chi connectivity index (χ1v) is 7.32. The molecule has 2 heterocycles. The summed E-state index contributed by atoms with van der Waals surface area (Å²) in [6.07, 6.45) is 3.65. The minimum atomic E-state index is 0.607. The summed E-state index contributed by atoms with van der Waals surface area (Å²) in [5.41, 5.74) is 2.69. The van der Waals surface area contributed by atoms with E-state index in [0.29, 0.717) is 11.6 Å². The molecule has 23 heavy (non-hydrogen) atoms. The van der Waals surface area contributed by atoms with E-state index in [1.165, 1.54) is 0 Å². The lowest BCUT2D eigenvalue weighted by Crippen LogP contribution is -2.28. The molecule has 0 unspecified atom stereocenters. The first-order chi connectivity index (χ1) is 11.2. The first kappa shape index (κ1) is 15.1. The Hall–Kier alpha value is -2.82. The van der Waals surface area contributed by atoms with Gasteiger partial charge in [-0.25, -0.2) is 4.99 Å². The van der Waals surface area contributed by atoms with Gasteiger partial charge in [-0.15, -0.1) is 0 Å². The Morgan fingerprint density at radius 2 is 1.83 bits per heavy atom. The first-order valence-electron chi connectivity index (χ1n) is 7.32. The molecule has 2 aromatic rings. The molecule has 1 aromatic heterocycles. The number of amidine groups is 1. The molecule has 0 fully saturated rings. The Morgan fingerprint density at radius 1 is 1.04 bits per heavy atom. The molecule has 1 aromatic carbocycles. The summed E-state index contributed by atoms with van der Waals surface area (Å²) >= 11 is 0. The molecule has 0 saturated carbocycles. The molecule has 0 amide bonds. The van der Waals surface area contributed by atoms with E-state index in [4.69, 9.17) is 14.5 Å². The van der Waals surface area contributed by atoms with E-state index in [9.17, 15) is 0 Å². The number of ether oxygens (including phenoxy) is 2. The van der Waals surface area contributed by atoms with Crippen LogP contribution in [-0.4, -0.2) is 37.0 Å². The van der Waals surface area contributed by atoms with E-state index in [-0.39, 0.29) is 0 Å². The third-order valence-corrected chi connectivity index (χ3v) is 3.74. The molecule has 5 nitrogen and oxygen atoms in total. The summed E-state index contributed by atoms with van der Waals surface area (Å²) in [7, 11) is 5.15. The van der Waals surface area contributed by atoms with Gasteiger partial charge in [0.1, 0.15) is 5.84 Å². The Labute approximate surface area is 135 Å². The van der Waals surface area contributed by atoms with Gasteiger partial charge in [-0.05, 0) is 19.1 Å². The van der Waals surface area contributed by atoms with Crippen molar-refractivity contribution in [1.82, 2.24) is 9.88 Å². The fraction of sp³-hybridized carbons (Fsp3) is 0.222. The van der Waals surface area contributed by atoms with Gasteiger partial charge in [0.25, 0.3) is 0 Å². The Bertz CT molecular complexity index is 832. The van der Waals surface area contributed by atoms with Gasteiger partial charge in [0.2, 0.25) is 5.88 Å². The third-order valence-electron chi connectivity index (χ3n) is 3.74. The van der Waals surface area contributed by atoms with Gasteiger partial charge < -0.3 is 9.47 Å². The average Bonchev–Trinajstić information content (AvgIpc) is 2.70. The molecule has 0 aliphatic carbocycles. The van der Waals surface area contributed by atoms with Gasteiger partial charge in [0.05, 0.1) is 19.7 Å². The minimum absolute atomic E-state index is 0.607. The highest BCUT2D eigenvalue weighted by molar-refractivity contribution is 6.09. The van der Waals surface area contributed by atoms with Gasteiger partial charge in [0, 0.05) is 36.0 Å². The van der Waals surface area contributed by atoms with Crippen molar-refractivity contribution >= 4 is 16.7 Å². The van der Waals surface area contributed by atoms with Crippen molar-refractivity contribution in [3.8, 4) is 0 Å². The van der Waals surface area contributed by atoms with E-state index >= 15 is 0 Å². The highest BCUT2D eigenvalue weighted by atomic mass is 16.5. The molecule has 0 spiro atoms. The summed E-state index contributed by atoms with van der Waals surface area (Å²) in [5, 5.41) is 1.07. The maximum Gasteiger partial charge on any atom is 0.238 e. The lowest BCUT2D eigenvalue weighted by molar-refractivity contribution is 0.178. The van der Waals surface area contributed by atoms with Crippen LogP contribution < -0.4 is 0 Å². The standard InChI is InChI=1S/C18H19N3O2/c1-12-11-15(22-3)18(23-4)21(2)17(20-12)14-9-5-7-13-8-6-10-19-16(13)14/h5-11H,1-4H3. The van der Waals surface area contributed by atoms with Crippen LogP contribution in [0.15, 0.2) is 64.9 Å². The zero-order valence-electron chi connectivity index (χ0n) is 13.7. The number of allylic oxidation sites excluding steroid dienone is 2. The maximum atomic E-state index is 5.53. The number of pyridine rings is 1. The quantitative estimate of drug-likeness (QED) is 0.873. The predicted molar refractivity (Wildman–Crippen MR) is 90.8 cm³/mol. The largest absolute Gasteiger partial charge is 0.491 e. The number of para-hydroxylation sites is 1. The summed E-state index contributed by atoms with van der Waals surface area (Å²) in [6, 6.07) is 10.0. The highest BCUT2D eigenvalue weighted by Gasteiger charge is 2.23. The Balaban J connectivity index is 2.22. The van der Waals surface area contributed by atoms with Crippen LogP contribution in [0.5, 0.6) is 0 Å². The number of benzene rings is 1. The molecule has 1 aliphatic heterocycles. The number of fused-ring (bicyclic) bond motifs is 1. The SMILES string of the molecule is COC1=C(OC)N(C)C(c2cccc3cccnc23)=NC(C)=C1.